The van der Waals surface area contributed by atoms with Gasteiger partial charge in [0.15, 0.2) is 5.17 Å². The molecule has 138 valence electrons. The molecule has 2 aliphatic rings. The summed E-state index contributed by atoms with van der Waals surface area (Å²) in [6.45, 7) is 0. The molecule has 0 spiro atoms. The molecule has 1 fully saturated rings. The molecule has 1 aromatic carbocycles. The molecule has 25 heavy (non-hydrogen) atoms. The van der Waals surface area contributed by atoms with Gasteiger partial charge in [0.05, 0.1) is 0 Å². The quantitative estimate of drug-likeness (QED) is 0.732. The largest absolute Gasteiger partial charge is 0.478 e. The number of fused-ring (bicyclic) bond motifs is 1. The predicted molar refractivity (Wildman–Crippen MR) is 85.5 cm³/mol. The minimum atomic E-state index is -4.80. The van der Waals surface area contributed by atoms with Crippen LogP contribution in [0.2, 0.25) is 0 Å². The molecule has 0 aliphatic carbocycles. The molecule has 3 rings (SSSR count). The highest BCUT2D eigenvalue weighted by atomic mass is 32.2. The minimum Gasteiger partial charge on any atom is -0.478 e. The summed E-state index contributed by atoms with van der Waals surface area (Å²) in [5.41, 5.74) is -0.838. The SMILES string of the molecule is CNC1=N[C@@H]2[C@@H](O)[C@H](O)[C@@H]([C@H](Oc3ccccc3)C(F)(F)F)O[C@@H]2S1. The second kappa shape index (κ2) is 7.02. The lowest BCUT2D eigenvalue weighted by molar-refractivity contribution is -0.263. The smallest absolute Gasteiger partial charge is 0.428 e. The number of alkyl halides is 3. The van der Waals surface area contributed by atoms with Gasteiger partial charge in [0, 0.05) is 7.05 Å². The van der Waals surface area contributed by atoms with Gasteiger partial charge in [0.2, 0.25) is 6.10 Å². The van der Waals surface area contributed by atoms with Gasteiger partial charge >= 0.3 is 6.18 Å². The van der Waals surface area contributed by atoms with E-state index < -0.39 is 42.1 Å². The highest BCUT2D eigenvalue weighted by Crippen LogP contribution is 2.40. The fourth-order valence-corrected chi connectivity index (χ4v) is 3.79. The average Bonchev–Trinajstić information content (AvgIpc) is 3.00. The van der Waals surface area contributed by atoms with Crippen LogP contribution in [0.5, 0.6) is 5.75 Å². The Morgan fingerprint density at radius 2 is 1.92 bits per heavy atom. The van der Waals surface area contributed by atoms with E-state index in [1.807, 2.05) is 0 Å². The van der Waals surface area contributed by atoms with E-state index in [1.54, 1.807) is 13.1 Å². The third-order valence-corrected chi connectivity index (χ3v) is 5.10. The van der Waals surface area contributed by atoms with E-state index >= 15 is 0 Å². The molecule has 6 nitrogen and oxygen atoms in total. The van der Waals surface area contributed by atoms with Crippen LogP contribution in [0.4, 0.5) is 13.2 Å². The Labute approximate surface area is 146 Å². The number of nitrogens with one attached hydrogen (secondary N) is 1. The lowest BCUT2D eigenvalue weighted by Gasteiger charge is -2.41. The first-order valence-corrected chi connectivity index (χ1v) is 8.41. The molecule has 0 saturated carbocycles. The number of thioether (sulfide) groups is 1. The van der Waals surface area contributed by atoms with Gasteiger partial charge < -0.3 is 25.0 Å². The number of nitrogens with zero attached hydrogens (tertiary/aromatic N) is 1. The third-order valence-electron chi connectivity index (χ3n) is 3.94. The van der Waals surface area contributed by atoms with Gasteiger partial charge in [-0.2, -0.15) is 13.2 Å². The van der Waals surface area contributed by atoms with Crippen LogP contribution in [-0.2, 0) is 4.74 Å². The number of aliphatic imine (C=N–C) groups is 1. The molecule has 2 heterocycles. The van der Waals surface area contributed by atoms with Crippen LogP contribution in [0, 0.1) is 0 Å². The van der Waals surface area contributed by atoms with Crippen LogP contribution in [0.15, 0.2) is 35.3 Å². The number of aliphatic hydroxyl groups is 2. The van der Waals surface area contributed by atoms with Gasteiger partial charge in [-0.1, -0.05) is 30.0 Å². The summed E-state index contributed by atoms with van der Waals surface area (Å²) in [5.74, 6) is -0.0107. The van der Waals surface area contributed by atoms with E-state index in [2.05, 4.69) is 10.3 Å². The third kappa shape index (κ3) is 3.71. The first kappa shape index (κ1) is 18.3. The Bertz CT molecular complexity index is 631. The Balaban J connectivity index is 1.84. The number of benzene rings is 1. The maximum atomic E-state index is 13.5. The number of hydrogen-bond donors (Lipinski definition) is 3. The summed E-state index contributed by atoms with van der Waals surface area (Å²) in [6.07, 6.45) is -12.3. The zero-order valence-electron chi connectivity index (χ0n) is 13.1. The predicted octanol–water partition coefficient (Wildman–Crippen LogP) is 1.13. The number of rotatable bonds is 3. The van der Waals surface area contributed by atoms with Crippen molar-refractivity contribution in [3.63, 3.8) is 0 Å². The highest BCUT2D eigenvalue weighted by molar-refractivity contribution is 8.14. The molecule has 0 bridgehead atoms. The molecule has 0 amide bonds. The summed E-state index contributed by atoms with van der Waals surface area (Å²) >= 11 is 1.06. The normalized spacial score (nSPS) is 33.4. The number of ether oxygens (including phenoxy) is 2. The van der Waals surface area contributed by atoms with Crippen molar-refractivity contribution >= 4 is 16.9 Å². The summed E-state index contributed by atoms with van der Waals surface area (Å²) in [5, 5.41) is 23.6. The van der Waals surface area contributed by atoms with Crippen molar-refractivity contribution in [3.05, 3.63) is 30.3 Å². The van der Waals surface area contributed by atoms with Crippen molar-refractivity contribution in [1.29, 1.82) is 0 Å². The molecule has 3 N–H and O–H groups in total. The average molecular weight is 378 g/mol. The van der Waals surface area contributed by atoms with Crippen LogP contribution in [0.1, 0.15) is 0 Å². The molecule has 2 aliphatic heterocycles. The van der Waals surface area contributed by atoms with Crippen molar-refractivity contribution in [2.75, 3.05) is 7.05 Å². The number of halogens is 3. The van der Waals surface area contributed by atoms with Crippen molar-refractivity contribution in [1.82, 2.24) is 5.32 Å². The number of para-hydroxylation sites is 1. The van der Waals surface area contributed by atoms with E-state index in [0.29, 0.717) is 5.17 Å². The Hall–Kier alpha value is -1.49. The molecule has 6 atom stereocenters. The summed E-state index contributed by atoms with van der Waals surface area (Å²) in [7, 11) is 1.60. The van der Waals surface area contributed by atoms with Crippen molar-refractivity contribution in [3.8, 4) is 5.75 Å². The lowest BCUT2D eigenvalue weighted by Crippen LogP contribution is -2.62. The highest BCUT2D eigenvalue weighted by Gasteiger charge is 2.57. The van der Waals surface area contributed by atoms with Crippen LogP contribution >= 0.6 is 11.8 Å². The van der Waals surface area contributed by atoms with Crippen molar-refractivity contribution in [2.24, 2.45) is 4.99 Å². The summed E-state index contributed by atoms with van der Waals surface area (Å²) in [6, 6.07) is 6.61. The van der Waals surface area contributed by atoms with E-state index in [1.165, 1.54) is 24.3 Å². The minimum absolute atomic E-state index is 0.0107. The van der Waals surface area contributed by atoms with E-state index in [9.17, 15) is 23.4 Å². The topological polar surface area (TPSA) is 83.3 Å². The van der Waals surface area contributed by atoms with Crippen molar-refractivity contribution < 1.29 is 32.9 Å². The molecule has 1 aromatic rings. The second-order valence-electron chi connectivity index (χ2n) is 5.64. The maximum Gasteiger partial charge on any atom is 0.428 e. The Kier molecular flexibility index (Phi) is 5.14. The monoisotopic (exact) mass is 378 g/mol. The fourth-order valence-electron chi connectivity index (χ4n) is 2.72. The number of hydrogen-bond acceptors (Lipinski definition) is 7. The lowest BCUT2D eigenvalue weighted by atomic mass is 9.94. The van der Waals surface area contributed by atoms with Crippen LogP contribution in [0.25, 0.3) is 0 Å². The second-order valence-corrected chi connectivity index (χ2v) is 6.72. The molecular formula is C15H17F3N2O4S. The molecule has 1 saturated heterocycles. The molecule has 0 aromatic heterocycles. The Morgan fingerprint density at radius 1 is 1.24 bits per heavy atom. The van der Waals surface area contributed by atoms with E-state index in [4.69, 9.17) is 9.47 Å². The van der Waals surface area contributed by atoms with Crippen LogP contribution in [-0.4, -0.2) is 64.5 Å². The first-order chi connectivity index (χ1) is 11.8. The van der Waals surface area contributed by atoms with Gasteiger partial charge in [-0.25, -0.2) is 0 Å². The van der Waals surface area contributed by atoms with E-state index in [0.717, 1.165) is 11.8 Å². The van der Waals surface area contributed by atoms with Gasteiger partial charge in [-0.3, -0.25) is 4.99 Å². The zero-order valence-corrected chi connectivity index (χ0v) is 13.9. The van der Waals surface area contributed by atoms with Gasteiger partial charge in [-0.05, 0) is 12.1 Å². The summed E-state index contributed by atoms with van der Waals surface area (Å²) < 4.78 is 51.1. The first-order valence-electron chi connectivity index (χ1n) is 7.53. The standard InChI is InChI=1S/C15H17F3N2O4S/c1-19-14-20-8-9(21)10(22)11(24-13(8)25-14)12(15(16,17)18)23-7-5-3-2-4-6-7/h2-6,8-13,21-22H,1H3,(H,19,20)/t8-,9-,10+,11+,12+,13-/m1/s1. The fraction of sp³-hybridized carbons (Fsp3) is 0.533. The molecule has 0 unspecified atom stereocenters. The van der Waals surface area contributed by atoms with Gasteiger partial charge in [0.1, 0.15) is 35.5 Å². The zero-order chi connectivity index (χ0) is 18.2. The number of aliphatic hydroxyl groups excluding tert-OH is 2. The molecular weight excluding hydrogens is 361 g/mol. The number of amidine groups is 1. The van der Waals surface area contributed by atoms with Crippen LogP contribution in [0.3, 0.4) is 0 Å². The van der Waals surface area contributed by atoms with Crippen LogP contribution < -0.4 is 10.1 Å². The summed E-state index contributed by atoms with van der Waals surface area (Å²) in [4.78, 5) is 4.11. The van der Waals surface area contributed by atoms with Crippen molar-refractivity contribution in [2.45, 2.75) is 42.1 Å². The van der Waals surface area contributed by atoms with E-state index in [-0.39, 0.29) is 5.75 Å². The Morgan fingerprint density at radius 3 is 2.52 bits per heavy atom. The van der Waals surface area contributed by atoms with Gasteiger partial charge in [0.25, 0.3) is 0 Å². The van der Waals surface area contributed by atoms with Gasteiger partial charge in [-0.15, -0.1) is 0 Å². The maximum absolute atomic E-state index is 13.5. The molecule has 0 radical (unpaired) electrons. The molecule has 10 heteroatoms.